The summed E-state index contributed by atoms with van der Waals surface area (Å²) in [4.78, 5) is 11.2. The summed E-state index contributed by atoms with van der Waals surface area (Å²) in [6.45, 7) is 3.58. The van der Waals surface area contributed by atoms with E-state index in [0.29, 0.717) is 37.0 Å². The van der Waals surface area contributed by atoms with E-state index < -0.39 is 16.0 Å². The number of hydrogen-bond donors (Lipinski definition) is 2. The third kappa shape index (κ3) is 3.84. The number of nitrogens with one attached hydrogen (secondary N) is 1. The Morgan fingerprint density at radius 3 is 2.30 bits per heavy atom. The summed E-state index contributed by atoms with van der Waals surface area (Å²) in [7, 11) is -2.08. The molecule has 1 fully saturated rings. The van der Waals surface area contributed by atoms with Crippen LogP contribution in [0, 0.1) is 19.8 Å². The number of aliphatic carboxylic acids is 1. The second-order valence-corrected chi connectivity index (χ2v) is 7.71. The van der Waals surface area contributed by atoms with Crippen molar-refractivity contribution >= 4 is 16.0 Å². The first-order chi connectivity index (χ1) is 10.8. The lowest BCUT2D eigenvalue weighted by atomic mass is 9.87. The van der Waals surface area contributed by atoms with Gasteiger partial charge in [0.1, 0.15) is 5.75 Å². The van der Waals surface area contributed by atoms with Crippen molar-refractivity contribution in [1.82, 2.24) is 4.72 Å². The van der Waals surface area contributed by atoms with Crippen molar-refractivity contribution in [3.63, 3.8) is 0 Å². The number of carboxylic acid groups (broad SMARTS) is 1. The molecule has 2 N–H and O–H groups in total. The molecule has 1 aliphatic rings. The van der Waals surface area contributed by atoms with Gasteiger partial charge in [-0.2, -0.15) is 0 Å². The van der Waals surface area contributed by atoms with Crippen molar-refractivity contribution in [3.05, 3.63) is 23.3 Å². The molecule has 1 saturated carbocycles. The highest BCUT2D eigenvalue weighted by Gasteiger charge is 2.29. The van der Waals surface area contributed by atoms with Gasteiger partial charge in [0.2, 0.25) is 10.0 Å². The standard InChI is InChI=1S/C16H23NO5S/c1-10-11(2)15(9-8-14(10)22-3)23(20,21)17-13-6-4-12(5-7-13)16(18)19/h8-9,12-13,17H,4-7H2,1-3H3,(H,18,19). The van der Waals surface area contributed by atoms with Crippen LogP contribution in [0.1, 0.15) is 36.8 Å². The molecular formula is C16H23NO5S. The normalized spacial score (nSPS) is 21.9. The van der Waals surface area contributed by atoms with Crippen LogP contribution in [0.15, 0.2) is 17.0 Å². The van der Waals surface area contributed by atoms with Crippen LogP contribution in [0.25, 0.3) is 0 Å². The van der Waals surface area contributed by atoms with Crippen molar-refractivity contribution < 1.29 is 23.1 Å². The van der Waals surface area contributed by atoms with Crippen molar-refractivity contribution in [2.75, 3.05) is 7.11 Å². The van der Waals surface area contributed by atoms with Crippen molar-refractivity contribution in [2.24, 2.45) is 5.92 Å². The second kappa shape index (κ2) is 6.88. The summed E-state index contributed by atoms with van der Waals surface area (Å²) in [6.07, 6.45) is 2.10. The van der Waals surface area contributed by atoms with Crippen molar-refractivity contribution in [1.29, 1.82) is 0 Å². The molecule has 0 saturated heterocycles. The molecular weight excluding hydrogens is 318 g/mol. The zero-order valence-electron chi connectivity index (χ0n) is 13.6. The van der Waals surface area contributed by atoms with Gasteiger partial charge in [0.05, 0.1) is 17.9 Å². The minimum atomic E-state index is -3.63. The Balaban J connectivity index is 2.14. The third-order valence-corrected chi connectivity index (χ3v) is 6.26. The Bertz CT molecular complexity index is 691. The Kier molecular flexibility index (Phi) is 5.31. The van der Waals surface area contributed by atoms with Crippen LogP contribution in [0.4, 0.5) is 0 Å². The summed E-state index contributed by atoms with van der Waals surface area (Å²) in [5.74, 6) is -0.503. The van der Waals surface area contributed by atoms with Gasteiger partial charge in [-0.1, -0.05) is 0 Å². The van der Waals surface area contributed by atoms with E-state index in [-0.39, 0.29) is 16.9 Å². The Morgan fingerprint density at radius 2 is 1.78 bits per heavy atom. The van der Waals surface area contributed by atoms with Crippen LogP contribution >= 0.6 is 0 Å². The van der Waals surface area contributed by atoms with E-state index in [2.05, 4.69) is 4.72 Å². The molecule has 0 unspecified atom stereocenters. The van der Waals surface area contributed by atoms with Gasteiger partial charge >= 0.3 is 5.97 Å². The van der Waals surface area contributed by atoms with Crippen molar-refractivity contribution in [2.45, 2.75) is 50.5 Å². The fourth-order valence-corrected chi connectivity index (χ4v) is 4.63. The molecule has 0 heterocycles. The van der Waals surface area contributed by atoms with Gasteiger partial charge in [-0.05, 0) is 62.8 Å². The lowest BCUT2D eigenvalue weighted by Crippen LogP contribution is -2.39. The van der Waals surface area contributed by atoms with Gasteiger partial charge in [-0.25, -0.2) is 13.1 Å². The minimum Gasteiger partial charge on any atom is -0.496 e. The van der Waals surface area contributed by atoms with Crippen molar-refractivity contribution in [3.8, 4) is 5.75 Å². The monoisotopic (exact) mass is 341 g/mol. The van der Waals surface area contributed by atoms with Gasteiger partial charge in [0.25, 0.3) is 0 Å². The summed E-state index contributed by atoms with van der Waals surface area (Å²) in [6, 6.07) is 2.99. The molecule has 1 aromatic rings. The maximum Gasteiger partial charge on any atom is 0.306 e. The molecule has 0 bridgehead atoms. The molecule has 6 nitrogen and oxygen atoms in total. The number of carbonyl (C=O) groups is 1. The summed E-state index contributed by atoms with van der Waals surface area (Å²) in [5.41, 5.74) is 1.46. The topological polar surface area (TPSA) is 92.7 Å². The fourth-order valence-electron chi connectivity index (χ4n) is 3.02. The highest BCUT2D eigenvalue weighted by atomic mass is 32.2. The lowest BCUT2D eigenvalue weighted by Gasteiger charge is -2.27. The van der Waals surface area contributed by atoms with Crippen LogP contribution < -0.4 is 9.46 Å². The highest BCUT2D eigenvalue weighted by Crippen LogP contribution is 2.29. The summed E-state index contributed by atoms with van der Waals surface area (Å²) in [5, 5.41) is 9.00. The van der Waals surface area contributed by atoms with E-state index >= 15 is 0 Å². The number of methoxy groups -OCH3 is 1. The SMILES string of the molecule is COc1ccc(S(=O)(=O)NC2CCC(C(=O)O)CC2)c(C)c1C. The molecule has 1 aromatic carbocycles. The van der Waals surface area contributed by atoms with E-state index in [0.717, 1.165) is 5.56 Å². The Morgan fingerprint density at radius 1 is 1.17 bits per heavy atom. The number of benzene rings is 1. The molecule has 0 radical (unpaired) electrons. The molecule has 23 heavy (non-hydrogen) atoms. The van der Waals surface area contributed by atoms with Gasteiger partial charge in [0.15, 0.2) is 0 Å². The van der Waals surface area contributed by atoms with Crippen LogP contribution in [-0.2, 0) is 14.8 Å². The number of ether oxygens (including phenoxy) is 1. The second-order valence-electron chi connectivity index (χ2n) is 6.02. The van der Waals surface area contributed by atoms with Gasteiger partial charge in [-0.15, -0.1) is 0 Å². The highest BCUT2D eigenvalue weighted by molar-refractivity contribution is 7.89. The number of hydrogen-bond acceptors (Lipinski definition) is 4. The van der Waals surface area contributed by atoms with Crippen LogP contribution in [-0.4, -0.2) is 32.6 Å². The maximum absolute atomic E-state index is 12.6. The predicted octanol–water partition coefficient (Wildman–Crippen LogP) is 2.23. The van der Waals surface area contributed by atoms with Crippen LogP contribution in [0.2, 0.25) is 0 Å². The smallest absolute Gasteiger partial charge is 0.306 e. The quantitative estimate of drug-likeness (QED) is 0.857. The lowest BCUT2D eigenvalue weighted by molar-refractivity contribution is -0.142. The first-order valence-electron chi connectivity index (χ1n) is 7.65. The Hall–Kier alpha value is -1.60. The first-order valence-corrected chi connectivity index (χ1v) is 9.14. The average Bonchev–Trinajstić information content (AvgIpc) is 2.49. The molecule has 1 aliphatic carbocycles. The van der Waals surface area contributed by atoms with Crippen LogP contribution in [0.5, 0.6) is 5.75 Å². The zero-order chi connectivity index (χ0) is 17.2. The molecule has 128 valence electrons. The van der Waals surface area contributed by atoms with Gasteiger partial charge < -0.3 is 9.84 Å². The van der Waals surface area contributed by atoms with Gasteiger partial charge in [-0.3, -0.25) is 4.79 Å². The molecule has 0 atom stereocenters. The van der Waals surface area contributed by atoms with E-state index in [4.69, 9.17) is 9.84 Å². The molecule has 0 spiro atoms. The third-order valence-electron chi connectivity index (χ3n) is 4.60. The van der Waals surface area contributed by atoms with E-state index in [1.165, 1.54) is 0 Å². The van der Waals surface area contributed by atoms with E-state index in [1.807, 2.05) is 6.92 Å². The molecule has 7 heteroatoms. The van der Waals surface area contributed by atoms with Crippen LogP contribution in [0.3, 0.4) is 0 Å². The van der Waals surface area contributed by atoms with Gasteiger partial charge in [0, 0.05) is 6.04 Å². The van der Waals surface area contributed by atoms with E-state index in [9.17, 15) is 13.2 Å². The molecule has 0 aliphatic heterocycles. The molecule has 0 amide bonds. The Labute approximate surface area is 136 Å². The average molecular weight is 341 g/mol. The summed E-state index contributed by atoms with van der Waals surface area (Å²) >= 11 is 0. The zero-order valence-corrected chi connectivity index (χ0v) is 14.4. The molecule has 0 aromatic heterocycles. The first kappa shape index (κ1) is 17.7. The molecule has 2 rings (SSSR count). The largest absolute Gasteiger partial charge is 0.496 e. The number of rotatable bonds is 5. The number of carboxylic acids is 1. The summed E-state index contributed by atoms with van der Waals surface area (Å²) < 4.78 is 33.2. The number of sulfonamides is 1. The van der Waals surface area contributed by atoms with E-state index in [1.54, 1.807) is 26.2 Å². The maximum atomic E-state index is 12.6. The predicted molar refractivity (Wildman–Crippen MR) is 86.2 cm³/mol. The minimum absolute atomic E-state index is 0.211. The fraction of sp³-hybridized carbons (Fsp3) is 0.562.